The molecule has 1 rings (SSSR count). The molecule has 0 aliphatic rings. The third-order valence-electron chi connectivity index (χ3n) is 4.84. The number of carbonyl (C=O) groups is 2. The Morgan fingerprint density at radius 2 is 1.21 bits per heavy atom. The summed E-state index contributed by atoms with van der Waals surface area (Å²) in [6, 6.07) is 5.34. The first kappa shape index (κ1) is 25.9. The molecule has 1 aromatic rings. The minimum absolute atomic E-state index is 0.266. The van der Waals surface area contributed by atoms with E-state index in [1.54, 1.807) is 12.1 Å². The van der Waals surface area contributed by atoms with Crippen molar-refractivity contribution in [3.05, 3.63) is 21.8 Å². The summed E-state index contributed by atoms with van der Waals surface area (Å²) in [4.78, 5) is 24.4. The molecule has 0 heterocycles. The van der Waals surface area contributed by atoms with Gasteiger partial charge in [-0.2, -0.15) is 0 Å². The molecule has 0 spiro atoms. The molecule has 0 saturated heterocycles. The van der Waals surface area contributed by atoms with Gasteiger partial charge in [-0.25, -0.2) is 0 Å². The summed E-state index contributed by atoms with van der Waals surface area (Å²) in [5.74, 6) is 0.165. The van der Waals surface area contributed by atoms with Crippen LogP contribution in [0, 0.1) is 3.57 Å². The molecule has 0 N–H and O–H groups in total. The number of unbranched alkanes of at least 4 members (excludes halogenated alkanes) is 10. The van der Waals surface area contributed by atoms with Gasteiger partial charge in [0.2, 0.25) is 0 Å². The topological polar surface area (TPSA) is 52.6 Å². The van der Waals surface area contributed by atoms with Gasteiger partial charge in [0.1, 0.15) is 0 Å². The normalized spacial score (nSPS) is 10.7. The lowest BCUT2D eigenvalue weighted by atomic mass is 10.1. The van der Waals surface area contributed by atoms with Crippen LogP contribution in [0.4, 0.5) is 0 Å². The summed E-state index contributed by atoms with van der Waals surface area (Å²) < 4.78 is 11.8. The van der Waals surface area contributed by atoms with Crippen LogP contribution in [0.1, 0.15) is 104 Å². The van der Waals surface area contributed by atoms with E-state index in [9.17, 15) is 9.59 Å². The molecule has 5 heteroatoms. The van der Waals surface area contributed by atoms with E-state index in [0.29, 0.717) is 24.3 Å². The van der Waals surface area contributed by atoms with Crippen LogP contribution in [0.15, 0.2) is 18.2 Å². The predicted octanol–water partition coefficient (Wildman–Crippen LogP) is 7.60. The van der Waals surface area contributed by atoms with E-state index < -0.39 is 0 Å². The Bertz CT molecular complexity index is 601. The molecule has 4 nitrogen and oxygen atoms in total. The summed E-state index contributed by atoms with van der Waals surface area (Å²) in [6.07, 6.45) is 14.2. The van der Waals surface area contributed by atoms with Gasteiger partial charge >= 0.3 is 11.9 Å². The highest BCUT2D eigenvalue weighted by atomic mass is 127. The first-order valence-corrected chi connectivity index (χ1v) is 12.4. The average Bonchev–Trinajstić information content (AvgIpc) is 2.70. The van der Waals surface area contributed by atoms with Crippen molar-refractivity contribution in [2.45, 2.75) is 104 Å². The van der Waals surface area contributed by atoms with Crippen LogP contribution < -0.4 is 9.47 Å². The summed E-state index contributed by atoms with van der Waals surface area (Å²) in [5.41, 5.74) is 0. The lowest BCUT2D eigenvalue weighted by molar-refractivity contribution is -0.137. The monoisotopic (exact) mass is 516 g/mol. The fourth-order valence-electron chi connectivity index (χ4n) is 3.11. The minimum Gasteiger partial charge on any atom is -0.422 e. The van der Waals surface area contributed by atoms with Crippen molar-refractivity contribution in [3.8, 4) is 11.5 Å². The Labute approximate surface area is 190 Å². The van der Waals surface area contributed by atoms with Gasteiger partial charge in [-0.1, -0.05) is 84.1 Å². The molecular formula is C24H37IO4. The third-order valence-corrected chi connectivity index (χ3v) is 5.69. The molecule has 0 bridgehead atoms. The minimum atomic E-state index is -0.268. The van der Waals surface area contributed by atoms with E-state index in [2.05, 4.69) is 36.4 Å². The van der Waals surface area contributed by atoms with E-state index in [0.717, 1.165) is 42.1 Å². The number of benzene rings is 1. The van der Waals surface area contributed by atoms with E-state index in [-0.39, 0.29) is 11.9 Å². The Hall–Kier alpha value is -1.11. The van der Waals surface area contributed by atoms with Gasteiger partial charge in [-0.15, -0.1) is 0 Å². The van der Waals surface area contributed by atoms with Crippen LogP contribution in [0.5, 0.6) is 11.5 Å². The fourth-order valence-corrected chi connectivity index (χ4v) is 3.69. The standard InChI is InChI=1S/C24H37IO4/c1-3-5-7-9-11-13-18-22(26)28-21-17-15-16-20(25)24(21)29-23(27)19-14-12-10-8-6-4-2/h15-17H,3-14,18-19H2,1-2H3. The molecule has 29 heavy (non-hydrogen) atoms. The van der Waals surface area contributed by atoms with Gasteiger partial charge in [-0.05, 0) is 47.6 Å². The van der Waals surface area contributed by atoms with Gasteiger partial charge in [0.25, 0.3) is 0 Å². The van der Waals surface area contributed by atoms with Gasteiger partial charge in [-0.3, -0.25) is 9.59 Å². The van der Waals surface area contributed by atoms with Gasteiger partial charge < -0.3 is 9.47 Å². The maximum atomic E-state index is 12.2. The molecule has 164 valence electrons. The summed E-state index contributed by atoms with van der Waals surface area (Å²) >= 11 is 2.11. The number of halogens is 1. The molecule has 0 aliphatic carbocycles. The van der Waals surface area contributed by atoms with E-state index in [1.807, 2.05) is 6.07 Å². The van der Waals surface area contributed by atoms with Crippen LogP contribution in [0.3, 0.4) is 0 Å². The third kappa shape index (κ3) is 12.2. The zero-order valence-electron chi connectivity index (χ0n) is 18.1. The van der Waals surface area contributed by atoms with Gasteiger partial charge in [0.05, 0.1) is 3.57 Å². The lowest BCUT2D eigenvalue weighted by Crippen LogP contribution is -2.13. The quantitative estimate of drug-likeness (QED) is 0.0983. The van der Waals surface area contributed by atoms with Gasteiger partial charge in [0.15, 0.2) is 11.5 Å². The van der Waals surface area contributed by atoms with E-state index >= 15 is 0 Å². The molecule has 0 aliphatic heterocycles. The first-order chi connectivity index (χ1) is 14.1. The second-order valence-electron chi connectivity index (χ2n) is 7.55. The van der Waals surface area contributed by atoms with Crippen molar-refractivity contribution in [2.24, 2.45) is 0 Å². The zero-order valence-corrected chi connectivity index (χ0v) is 20.3. The first-order valence-electron chi connectivity index (χ1n) is 11.3. The highest BCUT2D eigenvalue weighted by Gasteiger charge is 2.16. The molecule has 0 unspecified atom stereocenters. The van der Waals surface area contributed by atoms with Crippen molar-refractivity contribution >= 4 is 34.5 Å². The molecule has 0 aromatic heterocycles. The Kier molecular flexibility index (Phi) is 14.9. The number of esters is 2. The molecule has 0 fully saturated rings. The van der Waals surface area contributed by atoms with E-state index in [1.165, 1.54) is 38.5 Å². The Balaban J connectivity index is 2.43. The van der Waals surface area contributed by atoms with E-state index in [4.69, 9.17) is 9.47 Å². The number of hydrogen-bond acceptors (Lipinski definition) is 4. The smallest absolute Gasteiger partial charge is 0.311 e. The number of para-hydroxylation sites is 1. The fraction of sp³-hybridized carbons (Fsp3) is 0.667. The molecule has 0 atom stereocenters. The van der Waals surface area contributed by atoms with Crippen molar-refractivity contribution < 1.29 is 19.1 Å². The number of ether oxygens (including phenoxy) is 2. The molecular weight excluding hydrogens is 479 g/mol. The second-order valence-corrected chi connectivity index (χ2v) is 8.71. The molecule has 1 aromatic carbocycles. The van der Waals surface area contributed by atoms with Crippen LogP contribution in [-0.2, 0) is 9.59 Å². The van der Waals surface area contributed by atoms with Crippen LogP contribution >= 0.6 is 22.6 Å². The largest absolute Gasteiger partial charge is 0.422 e. The van der Waals surface area contributed by atoms with Gasteiger partial charge in [0, 0.05) is 12.8 Å². The highest BCUT2D eigenvalue weighted by Crippen LogP contribution is 2.33. The number of carbonyl (C=O) groups excluding carboxylic acids is 2. The van der Waals surface area contributed by atoms with Crippen molar-refractivity contribution in [1.29, 1.82) is 0 Å². The molecule has 0 saturated carbocycles. The SMILES string of the molecule is CCCCCCCCC(=O)Oc1cccc(I)c1OC(=O)CCCCCCCC. The van der Waals surface area contributed by atoms with Crippen LogP contribution in [0.25, 0.3) is 0 Å². The highest BCUT2D eigenvalue weighted by molar-refractivity contribution is 14.1. The molecule has 0 radical (unpaired) electrons. The maximum absolute atomic E-state index is 12.2. The molecule has 0 amide bonds. The number of rotatable bonds is 16. The summed E-state index contributed by atoms with van der Waals surface area (Å²) in [5, 5.41) is 0. The average molecular weight is 516 g/mol. The van der Waals surface area contributed by atoms with Crippen molar-refractivity contribution in [2.75, 3.05) is 0 Å². The zero-order chi connectivity index (χ0) is 21.3. The number of hydrogen-bond donors (Lipinski definition) is 0. The maximum Gasteiger partial charge on any atom is 0.311 e. The lowest BCUT2D eigenvalue weighted by Gasteiger charge is -2.12. The predicted molar refractivity (Wildman–Crippen MR) is 126 cm³/mol. The summed E-state index contributed by atoms with van der Waals surface area (Å²) in [6.45, 7) is 4.38. The summed E-state index contributed by atoms with van der Waals surface area (Å²) in [7, 11) is 0. The van der Waals surface area contributed by atoms with Crippen molar-refractivity contribution in [3.63, 3.8) is 0 Å². The Morgan fingerprint density at radius 1 is 0.724 bits per heavy atom. The Morgan fingerprint density at radius 3 is 1.76 bits per heavy atom. The van der Waals surface area contributed by atoms with Crippen LogP contribution in [-0.4, -0.2) is 11.9 Å². The van der Waals surface area contributed by atoms with Crippen LogP contribution in [0.2, 0.25) is 0 Å². The van der Waals surface area contributed by atoms with Crippen molar-refractivity contribution in [1.82, 2.24) is 0 Å². The second kappa shape index (κ2) is 16.7.